The van der Waals surface area contributed by atoms with Crippen LogP contribution in [0.15, 0.2) is 24.3 Å². The predicted molar refractivity (Wildman–Crippen MR) is 69.0 cm³/mol. The van der Waals surface area contributed by atoms with Crippen molar-refractivity contribution < 1.29 is 14.3 Å². The van der Waals surface area contributed by atoms with E-state index in [1.807, 2.05) is 6.07 Å². The van der Waals surface area contributed by atoms with Gasteiger partial charge in [-0.1, -0.05) is 11.6 Å². The maximum Gasteiger partial charge on any atom is 0.311 e. The van der Waals surface area contributed by atoms with Crippen molar-refractivity contribution in [3.8, 4) is 5.75 Å². The molecule has 0 aliphatic rings. The first kappa shape index (κ1) is 12.6. The third kappa shape index (κ3) is 2.38. The first-order valence-electron chi connectivity index (χ1n) is 5.34. The van der Waals surface area contributed by atoms with Gasteiger partial charge < -0.3 is 9.47 Å². The van der Waals surface area contributed by atoms with Gasteiger partial charge in [0.05, 0.1) is 31.4 Å². The lowest BCUT2D eigenvalue weighted by atomic mass is 10.1. The van der Waals surface area contributed by atoms with Gasteiger partial charge in [-0.3, -0.25) is 4.79 Å². The summed E-state index contributed by atoms with van der Waals surface area (Å²) in [6.07, 6.45) is 0.127. The van der Waals surface area contributed by atoms with Crippen LogP contribution in [-0.2, 0) is 16.0 Å². The third-order valence-corrected chi connectivity index (χ3v) is 2.93. The van der Waals surface area contributed by atoms with E-state index in [-0.39, 0.29) is 12.4 Å². The number of methoxy groups -OCH3 is 2. The molecule has 2 rings (SSSR count). The Morgan fingerprint density at radius 2 is 2.06 bits per heavy atom. The van der Waals surface area contributed by atoms with Crippen molar-refractivity contribution in [2.45, 2.75) is 6.42 Å². The molecule has 2 aromatic rings. The van der Waals surface area contributed by atoms with Gasteiger partial charge in [-0.2, -0.15) is 0 Å². The molecule has 18 heavy (non-hydrogen) atoms. The number of pyridine rings is 1. The number of esters is 1. The number of carbonyl (C=O) groups is 1. The molecule has 0 amide bonds. The summed E-state index contributed by atoms with van der Waals surface area (Å²) in [7, 11) is 2.91. The summed E-state index contributed by atoms with van der Waals surface area (Å²) >= 11 is 6.08. The van der Waals surface area contributed by atoms with Crippen LogP contribution in [0.3, 0.4) is 0 Å². The fourth-order valence-electron chi connectivity index (χ4n) is 1.68. The number of hydrogen-bond acceptors (Lipinski definition) is 4. The summed E-state index contributed by atoms with van der Waals surface area (Å²) in [5, 5.41) is 1.40. The summed E-state index contributed by atoms with van der Waals surface area (Å²) in [5.41, 5.74) is 1.27. The lowest BCUT2D eigenvalue weighted by Gasteiger charge is -2.07. The van der Waals surface area contributed by atoms with Crippen LogP contribution in [0, 0.1) is 0 Å². The Balaban J connectivity index is 2.52. The lowest BCUT2D eigenvalue weighted by Crippen LogP contribution is -2.06. The number of aromatic nitrogens is 1. The van der Waals surface area contributed by atoms with Crippen LogP contribution in [0.25, 0.3) is 10.9 Å². The second kappa shape index (κ2) is 5.23. The van der Waals surface area contributed by atoms with E-state index in [9.17, 15) is 4.79 Å². The molecule has 0 bridgehead atoms. The third-order valence-electron chi connectivity index (χ3n) is 2.60. The topological polar surface area (TPSA) is 48.4 Å². The largest absolute Gasteiger partial charge is 0.494 e. The highest BCUT2D eigenvalue weighted by molar-refractivity contribution is 6.35. The predicted octanol–water partition coefficient (Wildman–Crippen LogP) is 2.61. The molecule has 0 aliphatic carbocycles. The molecule has 1 aromatic heterocycles. The normalized spacial score (nSPS) is 10.4. The number of carbonyl (C=O) groups excluding carboxylic acids is 1. The van der Waals surface area contributed by atoms with Crippen molar-refractivity contribution >= 4 is 28.5 Å². The number of benzene rings is 1. The minimum Gasteiger partial charge on any atom is -0.494 e. The van der Waals surface area contributed by atoms with Crippen LogP contribution >= 0.6 is 11.6 Å². The molecule has 1 heterocycles. The van der Waals surface area contributed by atoms with Crippen LogP contribution in [0.2, 0.25) is 5.02 Å². The molecule has 0 atom stereocenters. The van der Waals surface area contributed by atoms with Crippen molar-refractivity contribution in [1.82, 2.24) is 4.98 Å². The van der Waals surface area contributed by atoms with Crippen LogP contribution < -0.4 is 4.74 Å². The van der Waals surface area contributed by atoms with E-state index in [0.29, 0.717) is 22.0 Å². The summed E-state index contributed by atoms with van der Waals surface area (Å²) in [4.78, 5) is 15.6. The molecular weight excluding hydrogens is 254 g/mol. The Hall–Kier alpha value is -1.81. The van der Waals surface area contributed by atoms with Gasteiger partial charge in [0.15, 0.2) is 0 Å². The Morgan fingerprint density at radius 1 is 1.28 bits per heavy atom. The van der Waals surface area contributed by atoms with E-state index in [1.165, 1.54) is 7.11 Å². The molecule has 0 saturated heterocycles. The van der Waals surface area contributed by atoms with Crippen LogP contribution in [0.5, 0.6) is 5.75 Å². The number of rotatable bonds is 3. The SMILES string of the molecule is COC(=O)Cc1ccc2c(Cl)ccc(OC)c2n1. The Morgan fingerprint density at radius 3 is 2.72 bits per heavy atom. The first-order valence-corrected chi connectivity index (χ1v) is 5.72. The molecule has 0 N–H and O–H groups in total. The van der Waals surface area contributed by atoms with Gasteiger partial charge in [-0.15, -0.1) is 0 Å². The van der Waals surface area contributed by atoms with Crippen molar-refractivity contribution in [2.75, 3.05) is 14.2 Å². The Bertz CT molecular complexity index is 598. The standard InChI is InChI=1S/C13H12ClNO3/c1-17-11-6-5-10(14)9-4-3-8(15-13(9)11)7-12(16)18-2/h3-6H,7H2,1-2H3. The summed E-state index contributed by atoms with van der Waals surface area (Å²) < 4.78 is 9.84. The van der Waals surface area contributed by atoms with Gasteiger partial charge in [0.2, 0.25) is 0 Å². The second-order valence-electron chi connectivity index (χ2n) is 3.70. The van der Waals surface area contributed by atoms with Crippen molar-refractivity contribution in [3.63, 3.8) is 0 Å². The van der Waals surface area contributed by atoms with Gasteiger partial charge in [-0.05, 0) is 24.3 Å². The molecule has 94 valence electrons. The second-order valence-corrected chi connectivity index (χ2v) is 4.11. The molecular formula is C13H12ClNO3. The monoisotopic (exact) mass is 265 g/mol. The number of ether oxygens (including phenoxy) is 2. The average Bonchev–Trinajstić information content (AvgIpc) is 2.39. The minimum absolute atomic E-state index is 0.127. The zero-order chi connectivity index (χ0) is 13.1. The van der Waals surface area contributed by atoms with Crippen molar-refractivity contribution in [2.24, 2.45) is 0 Å². The smallest absolute Gasteiger partial charge is 0.311 e. The average molecular weight is 266 g/mol. The number of halogens is 1. The van der Waals surface area contributed by atoms with Gasteiger partial charge in [0.1, 0.15) is 11.3 Å². The highest BCUT2D eigenvalue weighted by atomic mass is 35.5. The molecule has 0 unspecified atom stereocenters. The number of nitrogens with zero attached hydrogens (tertiary/aromatic N) is 1. The maximum absolute atomic E-state index is 11.2. The molecule has 0 spiro atoms. The van der Waals surface area contributed by atoms with Crippen LogP contribution in [-0.4, -0.2) is 25.2 Å². The first-order chi connectivity index (χ1) is 8.65. The quantitative estimate of drug-likeness (QED) is 0.801. The molecule has 0 saturated carbocycles. The van der Waals surface area contributed by atoms with Crippen molar-refractivity contribution in [3.05, 3.63) is 35.0 Å². The van der Waals surface area contributed by atoms with Crippen LogP contribution in [0.4, 0.5) is 0 Å². The van der Waals surface area contributed by atoms with E-state index in [1.54, 1.807) is 25.3 Å². The van der Waals surface area contributed by atoms with E-state index in [4.69, 9.17) is 16.3 Å². The summed E-state index contributed by atoms with van der Waals surface area (Å²) in [6, 6.07) is 7.08. The van der Waals surface area contributed by atoms with E-state index in [2.05, 4.69) is 9.72 Å². The van der Waals surface area contributed by atoms with E-state index < -0.39 is 0 Å². The molecule has 0 radical (unpaired) electrons. The fraction of sp³-hybridized carbons (Fsp3) is 0.231. The molecule has 5 heteroatoms. The summed E-state index contributed by atoms with van der Waals surface area (Å²) in [6.45, 7) is 0. The Labute approximate surface area is 109 Å². The Kier molecular flexibility index (Phi) is 3.67. The zero-order valence-corrected chi connectivity index (χ0v) is 10.8. The highest BCUT2D eigenvalue weighted by Gasteiger charge is 2.10. The lowest BCUT2D eigenvalue weighted by molar-refractivity contribution is -0.139. The number of hydrogen-bond donors (Lipinski definition) is 0. The summed E-state index contributed by atoms with van der Waals surface area (Å²) in [5.74, 6) is 0.295. The van der Waals surface area contributed by atoms with Gasteiger partial charge in [-0.25, -0.2) is 4.98 Å². The molecule has 0 fully saturated rings. The molecule has 1 aromatic carbocycles. The number of fused-ring (bicyclic) bond motifs is 1. The molecule has 4 nitrogen and oxygen atoms in total. The van der Waals surface area contributed by atoms with E-state index >= 15 is 0 Å². The minimum atomic E-state index is -0.331. The van der Waals surface area contributed by atoms with Gasteiger partial charge in [0.25, 0.3) is 0 Å². The zero-order valence-electron chi connectivity index (χ0n) is 10.1. The maximum atomic E-state index is 11.2. The molecule has 0 aliphatic heterocycles. The van der Waals surface area contributed by atoms with Crippen molar-refractivity contribution in [1.29, 1.82) is 0 Å². The van der Waals surface area contributed by atoms with Crippen LogP contribution in [0.1, 0.15) is 5.69 Å². The van der Waals surface area contributed by atoms with E-state index in [0.717, 1.165) is 5.39 Å². The fourth-order valence-corrected chi connectivity index (χ4v) is 1.90. The highest BCUT2D eigenvalue weighted by Crippen LogP contribution is 2.30. The van der Waals surface area contributed by atoms with Gasteiger partial charge >= 0.3 is 5.97 Å². The van der Waals surface area contributed by atoms with Gasteiger partial charge in [0, 0.05) is 5.39 Å².